The maximum atomic E-state index is 13.1. The molecule has 5 rings (SSSR count). The van der Waals surface area contributed by atoms with Crippen LogP contribution in [0.25, 0.3) is 0 Å². The number of hydrogen-bond acceptors (Lipinski definition) is 9. The van der Waals surface area contributed by atoms with Crippen LogP contribution in [0.4, 0.5) is 9.52 Å². The minimum absolute atomic E-state index is 0.121. The van der Waals surface area contributed by atoms with E-state index in [1.165, 1.54) is 40.2 Å². The lowest BCUT2D eigenvalue weighted by Gasteiger charge is -2.19. The van der Waals surface area contributed by atoms with Crippen molar-refractivity contribution in [1.29, 1.82) is 0 Å². The molecule has 168 valence electrons. The van der Waals surface area contributed by atoms with Crippen LogP contribution in [-0.2, 0) is 11.3 Å². The minimum atomic E-state index is -0.267. The highest BCUT2D eigenvalue weighted by Crippen LogP contribution is 2.35. The van der Waals surface area contributed by atoms with Gasteiger partial charge in [0.05, 0.1) is 22.6 Å². The molecule has 0 saturated heterocycles. The van der Waals surface area contributed by atoms with E-state index in [1.54, 1.807) is 29.7 Å². The normalized spacial score (nSPS) is 15.6. The van der Waals surface area contributed by atoms with Gasteiger partial charge in [-0.05, 0) is 41.3 Å². The van der Waals surface area contributed by atoms with Gasteiger partial charge in [0.25, 0.3) is 5.91 Å². The number of carbonyl (C=O) groups is 1. The Kier molecular flexibility index (Phi) is 6.51. The van der Waals surface area contributed by atoms with Gasteiger partial charge in [-0.15, -0.1) is 21.5 Å². The van der Waals surface area contributed by atoms with Crippen LogP contribution < -0.4 is 5.32 Å². The zero-order chi connectivity index (χ0) is 22.6. The van der Waals surface area contributed by atoms with Crippen molar-refractivity contribution < 1.29 is 13.6 Å². The number of carbonyl (C=O) groups excluding carboxylic acids is 1. The molecule has 33 heavy (non-hydrogen) atoms. The third-order valence-electron chi connectivity index (χ3n) is 4.93. The number of benzene rings is 1. The zero-order valence-electron chi connectivity index (χ0n) is 17.2. The third kappa shape index (κ3) is 5.15. The van der Waals surface area contributed by atoms with Crippen LogP contribution in [0.15, 0.2) is 74.0 Å². The topological polar surface area (TPSA) is 83.6 Å². The van der Waals surface area contributed by atoms with Gasteiger partial charge >= 0.3 is 0 Å². The number of thioether (sulfide) groups is 1. The second kappa shape index (κ2) is 9.86. The molecule has 1 N–H and O–H groups in total. The van der Waals surface area contributed by atoms with Crippen molar-refractivity contribution in [1.82, 2.24) is 15.2 Å². The number of rotatable bonds is 8. The lowest BCUT2D eigenvalue weighted by molar-refractivity contribution is -0.130. The van der Waals surface area contributed by atoms with Crippen molar-refractivity contribution in [3.05, 3.63) is 82.2 Å². The highest BCUT2D eigenvalue weighted by molar-refractivity contribution is 8.01. The predicted octanol–water partition coefficient (Wildman–Crippen LogP) is 5.41. The molecule has 0 unspecified atom stereocenters. The summed E-state index contributed by atoms with van der Waals surface area (Å²) >= 11 is 4.30. The van der Waals surface area contributed by atoms with E-state index in [1.807, 2.05) is 29.6 Å². The Morgan fingerprint density at radius 2 is 2.09 bits per heavy atom. The van der Waals surface area contributed by atoms with Gasteiger partial charge in [0.15, 0.2) is 4.34 Å². The summed E-state index contributed by atoms with van der Waals surface area (Å²) in [5.41, 5.74) is 1.82. The van der Waals surface area contributed by atoms with Crippen LogP contribution in [0.1, 0.15) is 28.7 Å². The highest BCUT2D eigenvalue weighted by Gasteiger charge is 2.35. The lowest BCUT2D eigenvalue weighted by atomic mass is 10.1. The first-order valence-electron chi connectivity index (χ1n) is 10.1. The van der Waals surface area contributed by atoms with Crippen molar-refractivity contribution in [2.75, 3.05) is 11.1 Å². The molecule has 4 heterocycles. The summed E-state index contributed by atoms with van der Waals surface area (Å²) in [6.07, 6.45) is 2.22. The Morgan fingerprint density at radius 3 is 2.85 bits per heavy atom. The summed E-state index contributed by atoms with van der Waals surface area (Å²) in [4.78, 5) is 14.1. The monoisotopic (exact) mass is 499 g/mol. The van der Waals surface area contributed by atoms with Gasteiger partial charge in [0.2, 0.25) is 5.13 Å². The first-order valence-corrected chi connectivity index (χ1v) is 12.8. The molecule has 4 aromatic rings. The molecule has 0 bridgehead atoms. The number of hydrogen-bond donors (Lipinski definition) is 1. The SMILES string of the molecule is O=C(CSc1nnc(NCc2ccc(F)cc2)s1)N1N=C(c2cccs2)C[C@H]1c1ccco1. The number of furan rings is 1. The number of anilines is 1. The molecule has 1 aliphatic rings. The molecule has 1 amide bonds. The zero-order valence-corrected chi connectivity index (χ0v) is 19.6. The first-order chi connectivity index (χ1) is 16.2. The Hall–Kier alpha value is -3.02. The average molecular weight is 500 g/mol. The number of halogens is 1. The quantitative estimate of drug-likeness (QED) is 0.326. The number of amides is 1. The summed E-state index contributed by atoms with van der Waals surface area (Å²) in [6.45, 7) is 0.511. The lowest BCUT2D eigenvalue weighted by Crippen LogP contribution is -2.28. The van der Waals surface area contributed by atoms with Gasteiger partial charge in [0.1, 0.15) is 17.6 Å². The summed E-state index contributed by atoms with van der Waals surface area (Å²) < 4.78 is 19.3. The number of nitrogens with zero attached hydrogens (tertiary/aromatic N) is 4. The largest absolute Gasteiger partial charge is 0.467 e. The number of thiophene rings is 1. The average Bonchev–Trinajstić information content (AvgIpc) is 3.63. The Bertz CT molecular complexity index is 1240. The molecular weight excluding hydrogens is 481 g/mol. The van der Waals surface area contributed by atoms with E-state index < -0.39 is 0 Å². The van der Waals surface area contributed by atoms with Crippen molar-refractivity contribution in [2.24, 2.45) is 5.10 Å². The van der Waals surface area contributed by atoms with Gasteiger partial charge in [-0.2, -0.15) is 5.10 Å². The fourth-order valence-corrected chi connectivity index (χ4v) is 5.66. The second-order valence-corrected chi connectivity index (χ2v) is 10.3. The van der Waals surface area contributed by atoms with Gasteiger partial charge in [0, 0.05) is 13.0 Å². The summed E-state index contributed by atoms with van der Waals surface area (Å²) in [6, 6.07) is 13.7. The van der Waals surface area contributed by atoms with E-state index >= 15 is 0 Å². The van der Waals surface area contributed by atoms with E-state index in [0.29, 0.717) is 28.2 Å². The van der Waals surface area contributed by atoms with Gasteiger partial charge < -0.3 is 9.73 Å². The molecule has 3 aromatic heterocycles. The third-order valence-corrected chi connectivity index (χ3v) is 7.84. The van der Waals surface area contributed by atoms with Gasteiger partial charge in [-0.1, -0.05) is 41.3 Å². The number of aromatic nitrogens is 2. The first kappa shape index (κ1) is 21.8. The molecule has 1 atom stereocenters. The molecule has 0 aliphatic carbocycles. The van der Waals surface area contributed by atoms with Crippen LogP contribution in [0.5, 0.6) is 0 Å². The molecule has 0 fully saturated rings. The maximum Gasteiger partial charge on any atom is 0.253 e. The van der Waals surface area contributed by atoms with Crippen molar-refractivity contribution in [3.63, 3.8) is 0 Å². The summed E-state index contributed by atoms with van der Waals surface area (Å²) in [5.74, 6) is 0.512. The fraction of sp³-hybridized carbons (Fsp3) is 0.182. The Morgan fingerprint density at radius 1 is 1.21 bits per heavy atom. The molecule has 1 aromatic carbocycles. The van der Waals surface area contributed by atoms with E-state index in [2.05, 4.69) is 20.6 Å². The summed E-state index contributed by atoms with van der Waals surface area (Å²) in [5, 5.41) is 20.2. The van der Waals surface area contributed by atoms with Crippen molar-refractivity contribution in [3.8, 4) is 0 Å². The van der Waals surface area contributed by atoms with Crippen molar-refractivity contribution >= 4 is 51.2 Å². The van der Waals surface area contributed by atoms with Crippen LogP contribution in [0.3, 0.4) is 0 Å². The van der Waals surface area contributed by atoms with Gasteiger partial charge in [-0.25, -0.2) is 9.40 Å². The maximum absolute atomic E-state index is 13.1. The van der Waals surface area contributed by atoms with E-state index in [4.69, 9.17) is 4.42 Å². The van der Waals surface area contributed by atoms with Gasteiger partial charge in [-0.3, -0.25) is 4.79 Å². The predicted molar refractivity (Wildman–Crippen MR) is 128 cm³/mol. The summed E-state index contributed by atoms with van der Waals surface area (Å²) in [7, 11) is 0. The van der Waals surface area contributed by atoms with E-state index in [0.717, 1.165) is 16.2 Å². The Labute approximate surface area is 201 Å². The highest BCUT2D eigenvalue weighted by atomic mass is 32.2. The molecule has 0 spiro atoms. The van der Waals surface area contributed by atoms with E-state index in [9.17, 15) is 9.18 Å². The molecular formula is C22H18FN5O2S3. The number of nitrogens with one attached hydrogen (secondary N) is 1. The smallest absolute Gasteiger partial charge is 0.253 e. The van der Waals surface area contributed by atoms with Crippen LogP contribution in [-0.4, -0.2) is 32.6 Å². The minimum Gasteiger partial charge on any atom is -0.467 e. The molecule has 0 saturated carbocycles. The van der Waals surface area contributed by atoms with Crippen molar-refractivity contribution in [2.45, 2.75) is 23.3 Å². The molecule has 11 heteroatoms. The fourth-order valence-electron chi connectivity index (χ4n) is 3.34. The Balaban J connectivity index is 1.21. The second-order valence-electron chi connectivity index (χ2n) is 7.14. The van der Waals surface area contributed by atoms with Crippen LogP contribution >= 0.6 is 34.4 Å². The van der Waals surface area contributed by atoms with E-state index in [-0.39, 0.29) is 23.5 Å². The van der Waals surface area contributed by atoms with Crippen LogP contribution in [0, 0.1) is 5.82 Å². The standard InChI is InChI=1S/C22H18FN5O2S3/c23-15-7-5-14(6-8-15)12-24-21-25-26-22(33-21)32-13-20(29)28-17(18-3-1-9-30-18)11-16(27-28)19-4-2-10-31-19/h1-10,17H,11-13H2,(H,24,25)/t17-/m0/s1. The van der Waals surface area contributed by atoms with Crippen LogP contribution in [0.2, 0.25) is 0 Å². The number of hydrazone groups is 1. The molecule has 1 aliphatic heterocycles. The molecule has 7 nitrogen and oxygen atoms in total. The molecule has 0 radical (unpaired) electrons.